The van der Waals surface area contributed by atoms with Crippen LogP contribution in [0.4, 0.5) is 4.79 Å². The molecule has 26 heavy (non-hydrogen) atoms. The Hall–Kier alpha value is -1.63. The summed E-state index contributed by atoms with van der Waals surface area (Å²) in [6.07, 6.45) is -0.595. The van der Waals surface area contributed by atoms with Crippen molar-refractivity contribution in [3.05, 3.63) is 35.9 Å². The second kappa shape index (κ2) is 8.84. The van der Waals surface area contributed by atoms with Crippen molar-refractivity contribution >= 4 is 6.09 Å². The fourth-order valence-corrected chi connectivity index (χ4v) is 2.68. The van der Waals surface area contributed by atoms with Crippen LogP contribution in [0.25, 0.3) is 0 Å². The van der Waals surface area contributed by atoms with Crippen LogP contribution in [0.1, 0.15) is 33.3 Å². The molecule has 1 saturated heterocycles. The van der Waals surface area contributed by atoms with E-state index in [1.807, 2.05) is 58.0 Å². The second-order valence-corrected chi connectivity index (χ2v) is 7.95. The molecule has 0 unspecified atom stereocenters. The Morgan fingerprint density at radius 3 is 2.62 bits per heavy atom. The highest BCUT2D eigenvalue weighted by molar-refractivity contribution is 5.68. The van der Waals surface area contributed by atoms with Crippen LogP contribution in [0.5, 0.6) is 0 Å². The fourth-order valence-electron chi connectivity index (χ4n) is 2.68. The minimum Gasteiger partial charge on any atom is -0.444 e. The van der Waals surface area contributed by atoms with E-state index >= 15 is 0 Å². The van der Waals surface area contributed by atoms with E-state index in [0.717, 1.165) is 5.56 Å². The summed E-state index contributed by atoms with van der Waals surface area (Å²) in [6, 6.07) is 9.97. The maximum Gasteiger partial charge on any atom is 0.410 e. The number of hydrogen-bond acceptors (Lipinski definition) is 5. The van der Waals surface area contributed by atoms with Crippen LogP contribution >= 0.6 is 0 Å². The summed E-state index contributed by atoms with van der Waals surface area (Å²) in [7, 11) is 1.63. The maximum absolute atomic E-state index is 12.6. The first-order valence-electron chi connectivity index (χ1n) is 8.97. The Kier molecular flexibility index (Phi) is 7.03. The van der Waals surface area contributed by atoms with Gasteiger partial charge in [-0.2, -0.15) is 0 Å². The molecule has 1 aliphatic heterocycles. The van der Waals surface area contributed by atoms with Gasteiger partial charge in [0.2, 0.25) is 0 Å². The largest absolute Gasteiger partial charge is 0.444 e. The van der Waals surface area contributed by atoms with Gasteiger partial charge in [0, 0.05) is 7.11 Å². The van der Waals surface area contributed by atoms with Crippen LogP contribution in [0.2, 0.25) is 0 Å². The van der Waals surface area contributed by atoms with E-state index in [4.69, 9.17) is 18.9 Å². The van der Waals surface area contributed by atoms with Gasteiger partial charge >= 0.3 is 6.09 Å². The number of ether oxygens (including phenoxy) is 4. The lowest BCUT2D eigenvalue weighted by Gasteiger charge is -2.32. The third kappa shape index (κ3) is 6.59. The summed E-state index contributed by atoms with van der Waals surface area (Å²) in [5.74, 6) is 0. The molecule has 0 aliphatic carbocycles. The number of carbonyl (C=O) groups is 1. The molecule has 1 aromatic carbocycles. The van der Waals surface area contributed by atoms with Crippen molar-refractivity contribution in [2.75, 3.05) is 33.4 Å². The van der Waals surface area contributed by atoms with Gasteiger partial charge in [0.25, 0.3) is 0 Å². The Morgan fingerprint density at radius 2 is 2.00 bits per heavy atom. The number of methoxy groups -OCH3 is 1. The normalized spacial score (nSPS) is 24.2. The van der Waals surface area contributed by atoms with Gasteiger partial charge in [-0.05, 0) is 33.3 Å². The number of amides is 1. The van der Waals surface area contributed by atoms with Gasteiger partial charge in [0.1, 0.15) is 11.2 Å². The van der Waals surface area contributed by atoms with Gasteiger partial charge < -0.3 is 23.8 Å². The van der Waals surface area contributed by atoms with Crippen LogP contribution in [-0.2, 0) is 25.6 Å². The highest BCUT2D eigenvalue weighted by Crippen LogP contribution is 2.21. The van der Waals surface area contributed by atoms with Gasteiger partial charge in [-0.25, -0.2) is 4.79 Å². The van der Waals surface area contributed by atoms with E-state index in [1.54, 1.807) is 12.0 Å². The second-order valence-electron chi connectivity index (χ2n) is 7.95. The monoisotopic (exact) mass is 365 g/mol. The van der Waals surface area contributed by atoms with E-state index < -0.39 is 11.2 Å². The van der Waals surface area contributed by atoms with Crippen molar-refractivity contribution < 1.29 is 23.7 Å². The maximum atomic E-state index is 12.6. The van der Waals surface area contributed by atoms with E-state index in [9.17, 15) is 4.79 Å². The molecule has 0 bridgehead atoms. The lowest BCUT2D eigenvalue weighted by atomic mass is 10.1. The van der Waals surface area contributed by atoms with Crippen molar-refractivity contribution in [2.45, 2.75) is 51.6 Å². The molecule has 0 N–H and O–H groups in total. The molecule has 0 aromatic heterocycles. The lowest BCUT2D eigenvalue weighted by molar-refractivity contribution is -0.0833. The molecule has 1 aromatic rings. The summed E-state index contributed by atoms with van der Waals surface area (Å²) in [5.41, 5.74) is -0.0233. The molecule has 146 valence electrons. The smallest absolute Gasteiger partial charge is 0.410 e. The van der Waals surface area contributed by atoms with Crippen molar-refractivity contribution in [1.29, 1.82) is 0 Å². The first-order chi connectivity index (χ1) is 12.2. The van der Waals surface area contributed by atoms with Crippen molar-refractivity contribution in [2.24, 2.45) is 0 Å². The Labute approximate surface area is 156 Å². The third-order valence-corrected chi connectivity index (χ3v) is 4.13. The van der Waals surface area contributed by atoms with Crippen LogP contribution in [0.3, 0.4) is 0 Å². The van der Waals surface area contributed by atoms with Crippen molar-refractivity contribution in [3.63, 3.8) is 0 Å². The predicted octanol–water partition coefficient (Wildman–Crippen LogP) is 3.24. The summed E-state index contributed by atoms with van der Waals surface area (Å²) >= 11 is 0. The van der Waals surface area contributed by atoms with Crippen LogP contribution in [0, 0.1) is 0 Å². The molecule has 0 saturated carbocycles. The molecule has 6 heteroatoms. The summed E-state index contributed by atoms with van der Waals surface area (Å²) in [6.45, 7) is 9.61. The molecule has 2 rings (SSSR count). The average Bonchev–Trinajstić information content (AvgIpc) is 2.75. The molecule has 0 spiro atoms. The zero-order valence-electron chi connectivity index (χ0n) is 16.5. The van der Waals surface area contributed by atoms with Crippen LogP contribution in [0.15, 0.2) is 30.3 Å². The quantitative estimate of drug-likeness (QED) is 0.802. The Balaban J connectivity index is 1.97. The van der Waals surface area contributed by atoms with Crippen LogP contribution < -0.4 is 0 Å². The van der Waals surface area contributed by atoms with Crippen molar-refractivity contribution in [3.8, 4) is 0 Å². The number of hydrogen-bond donors (Lipinski definition) is 0. The molecule has 1 aliphatic rings. The first kappa shape index (κ1) is 20.7. The molecular formula is C20H31NO5. The van der Waals surface area contributed by atoms with Gasteiger partial charge in [0.15, 0.2) is 0 Å². The minimum atomic E-state index is -0.578. The minimum absolute atomic E-state index is 0.233. The van der Waals surface area contributed by atoms with Crippen molar-refractivity contribution in [1.82, 2.24) is 4.90 Å². The van der Waals surface area contributed by atoms with E-state index in [1.165, 1.54) is 0 Å². The molecular weight excluding hydrogens is 334 g/mol. The van der Waals surface area contributed by atoms with E-state index in [2.05, 4.69) is 0 Å². The van der Waals surface area contributed by atoms with Gasteiger partial charge in [0.05, 0.1) is 39.0 Å². The number of rotatable bonds is 5. The standard InChI is InChI=1S/C20H31NO5/c1-19(2,3)26-18(22)21-11-17(25-15-20(4,14-21)23-5)13-24-12-16-9-7-6-8-10-16/h6-10,17H,11-15H2,1-5H3/t17-,20-/m0/s1. The number of carbonyl (C=O) groups excluding carboxylic acids is 1. The third-order valence-electron chi connectivity index (χ3n) is 4.13. The first-order valence-corrected chi connectivity index (χ1v) is 8.97. The molecule has 6 nitrogen and oxygen atoms in total. The molecule has 1 amide bonds. The van der Waals surface area contributed by atoms with E-state index in [-0.39, 0.29) is 12.2 Å². The zero-order chi connectivity index (χ0) is 19.2. The van der Waals surface area contributed by atoms with Gasteiger partial charge in [-0.1, -0.05) is 30.3 Å². The average molecular weight is 365 g/mol. The topological polar surface area (TPSA) is 57.2 Å². The summed E-state index contributed by atoms with van der Waals surface area (Å²) in [5, 5.41) is 0. The SMILES string of the molecule is CO[C@]1(C)CO[C@H](COCc2ccccc2)CN(C(=O)OC(C)(C)C)C1. The zero-order valence-corrected chi connectivity index (χ0v) is 16.5. The number of benzene rings is 1. The van der Waals surface area contributed by atoms with Crippen LogP contribution in [-0.4, -0.2) is 61.7 Å². The molecule has 2 atom stereocenters. The van der Waals surface area contributed by atoms with Gasteiger partial charge in [-0.15, -0.1) is 0 Å². The fraction of sp³-hybridized carbons (Fsp3) is 0.650. The predicted molar refractivity (Wildman–Crippen MR) is 99.1 cm³/mol. The van der Waals surface area contributed by atoms with E-state index in [0.29, 0.717) is 32.9 Å². The highest BCUT2D eigenvalue weighted by Gasteiger charge is 2.37. The summed E-state index contributed by atoms with van der Waals surface area (Å²) < 4.78 is 22.9. The molecule has 1 fully saturated rings. The van der Waals surface area contributed by atoms with Gasteiger partial charge in [-0.3, -0.25) is 0 Å². The Bertz CT molecular complexity index is 571. The summed E-state index contributed by atoms with van der Waals surface area (Å²) in [4.78, 5) is 14.2. The number of nitrogens with zero attached hydrogens (tertiary/aromatic N) is 1. The Morgan fingerprint density at radius 1 is 1.31 bits per heavy atom. The highest BCUT2D eigenvalue weighted by atomic mass is 16.6. The molecule has 0 radical (unpaired) electrons. The lowest BCUT2D eigenvalue weighted by Crippen LogP contribution is -2.47. The molecule has 1 heterocycles.